The molecular weight excluding hydrogens is 328 g/mol. The lowest BCUT2D eigenvalue weighted by molar-refractivity contribution is -0.217. The zero-order chi connectivity index (χ0) is 18.9. The molecule has 2 aliphatic heterocycles. The van der Waals surface area contributed by atoms with Crippen molar-refractivity contribution in [2.75, 3.05) is 0 Å². The van der Waals surface area contributed by atoms with Gasteiger partial charge in [0.2, 0.25) is 5.79 Å². The summed E-state index contributed by atoms with van der Waals surface area (Å²) in [4.78, 5) is 12.7. The second-order valence-corrected chi connectivity index (χ2v) is 8.03. The van der Waals surface area contributed by atoms with Gasteiger partial charge in [-0.3, -0.25) is 0 Å². The number of carbonyl (C=O) groups excluding carboxylic acids is 1. The molecular formula is C22H30O4. The SMILES string of the molecule is CCCC[C@@H]1CC2=C(C(=O)OC(C)(C)O2)[C@H](c2ccc(C(C)C)cc2)O1. The Labute approximate surface area is 156 Å². The lowest BCUT2D eigenvalue weighted by Crippen LogP contribution is -2.42. The van der Waals surface area contributed by atoms with Gasteiger partial charge in [-0.2, -0.15) is 0 Å². The van der Waals surface area contributed by atoms with E-state index in [2.05, 4.69) is 45.0 Å². The highest BCUT2D eigenvalue weighted by Gasteiger charge is 2.44. The van der Waals surface area contributed by atoms with Crippen LogP contribution >= 0.6 is 0 Å². The Morgan fingerprint density at radius 3 is 2.46 bits per heavy atom. The van der Waals surface area contributed by atoms with Crippen LogP contribution in [0.1, 0.15) is 83.5 Å². The first-order valence-electron chi connectivity index (χ1n) is 9.71. The fraction of sp³-hybridized carbons (Fsp3) is 0.591. The molecule has 0 amide bonds. The highest BCUT2D eigenvalue weighted by Crippen LogP contribution is 2.43. The first-order valence-corrected chi connectivity index (χ1v) is 9.71. The molecule has 0 unspecified atom stereocenters. The number of hydrogen-bond acceptors (Lipinski definition) is 4. The quantitative estimate of drug-likeness (QED) is 0.662. The molecule has 4 nitrogen and oxygen atoms in total. The lowest BCUT2D eigenvalue weighted by Gasteiger charge is -2.40. The molecule has 3 rings (SSSR count). The Hall–Kier alpha value is -1.81. The first kappa shape index (κ1) is 19.0. The molecule has 2 atom stereocenters. The van der Waals surface area contributed by atoms with Crippen LogP contribution < -0.4 is 0 Å². The van der Waals surface area contributed by atoms with Crippen molar-refractivity contribution in [3.05, 3.63) is 46.7 Å². The minimum Gasteiger partial charge on any atom is -0.456 e. The molecule has 2 aliphatic rings. The minimum absolute atomic E-state index is 0.0603. The summed E-state index contributed by atoms with van der Waals surface area (Å²) in [6.07, 6.45) is 3.45. The van der Waals surface area contributed by atoms with E-state index in [1.807, 2.05) is 0 Å². The van der Waals surface area contributed by atoms with Gasteiger partial charge in [0.25, 0.3) is 0 Å². The summed E-state index contributed by atoms with van der Waals surface area (Å²) < 4.78 is 17.8. The number of hydrogen-bond donors (Lipinski definition) is 0. The van der Waals surface area contributed by atoms with Gasteiger partial charge < -0.3 is 14.2 Å². The molecule has 0 saturated carbocycles. The molecule has 4 heteroatoms. The van der Waals surface area contributed by atoms with E-state index in [1.165, 1.54) is 5.56 Å². The molecule has 0 aromatic heterocycles. The second-order valence-electron chi connectivity index (χ2n) is 8.03. The second kappa shape index (κ2) is 7.43. The molecule has 0 saturated heterocycles. The van der Waals surface area contributed by atoms with Gasteiger partial charge in [-0.1, -0.05) is 57.9 Å². The highest BCUT2D eigenvalue weighted by atomic mass is 16.7. The average Bonchev–Trinajstić information content (AvgIpc) is 2.58. The van der Waals surface area contributed by atoms with E-state index >= 15 is 0 Å². The Balaban J connectivity index is 1.96. The van der Waals surface area contributed by atoms with Crippen LogP contribution in [-0.2, 0) is 19.0 Å². The summed E-state index contributed by atoms with van der Waals surface area (Å²) in [5.74, 6) is -0.0546. The molecule has 1 aromatic carbocycles. The Kier molecular flexibility index (Phi) is 5.42. The van der Waals surface area contributed by atoms with E-state index in [4.69, 9.17) is 14.2 Å². The van der Waals surface area contributed by atoms with Gasteiger partial charge in [0.15, 0.2) is 0 Å². The maximum Gasteiger partial charge on any atom is 0.343 e. The molecule has 2 heterocycles. The fourth-order valence-electron chi connectivity index (χ4n) is 3.59. The number of rotatable bonds is 5. The van der Waals surface area contributed by atoms with Crippen LogP contribution in [0.2, 0.25) is 0 Å². The number of benzene rings is 1. The van der Waals surface area contributed by atoms with E-state index in [-0.39, 0.29) is 12.1 Å². The van der Waals surface area contributed by atoms with Crippen LogP contribution in [0, 0.1) is 0 Å². The molecule has 0 aliphatic carbocycles. The monoisotopic (exact) mass is 358 g/mol. The zero-order valence-electron chi connectivity index (χ0n) is 16.5. The Bertz CT molecular complexity index is 685. The van der Waals surface area contributed by atoms with Gasteiger partial charge in [0.1, 0.15) is 17.4 Å². The number of carbonyl (C=O) groups is 1. The first-order chi connectivity index (χ1) is 12.3. The molecule has 0 bridgehead atoms. The molecule has 142 valence electrons. The molecule has 0 radical (unpaired) electrons. The maximum atomic E-state index is 12.7. The summed E-state index contributed by atoms with van der Waals surface area (Å²) in [7, 11) is 0. The topological polar surface area (TPSA) is 44.8 Å². The molecule has 1 aromatic rings. The van der Waals surface area contributed by atoms with E-state index < -0.39 is 11.9 Å². The number of ether oxygens (including phenoxy) is 3. The maximum absolute atomic E-state index is 12.7. The average molecular weight is 358 g/mol. The molecule has 0 spiro atoms. The smallest absolute Gasteiger partial charge is 0.343 e. The van der Waals surface area contributed by atoms with Gasteiger partial charge in [-0.05, 0) is 23.5 Å². The minimum atomic E-state index is -0.922. The van der Waals surface area contributed by atoms with Crippen LogP contribution in [-0.4, -0.2) is 17.9 Å². The van der Waals surface area contributed by atoms with E-state index in [0.29, 0.717) is 17.9 Å². The summed E-state index contributed by atoms with van der Waals surface area (Å²) >= 11 is 0. The predicted octanol–water partition coefficient (Wildman–Crippen LogP) is 5.39. The van der Waals surface area contributed by atoms with Crippen molar-refractivity contribution in [1.82, 2.24) is 0 Å². The standard InChI is InChI=1S/C22H30O4/c1-6-7-8-17-13-18-19(21(23)26-22(4,5)25-18)20(24-17)16-11-9-15(10-12-16)14(2)3/h9-12,14,17,20H,6-8,13H2,1-5H3/t17-,20+/m1/s1. The van der Waals surface area contributed by atoms with Gasteiger partial charge in [-0.25, -0.2) is 4.79 Å². The van der Waals surface area contributed by atoms with Crippen LogP contribution in [0.3, 0.4) is 0 Å². The third-order valence-corrected chi connectivity index (χ3v) is 5.02. The third kappa shape index (κ3) is 3.96. The van der Waals surface area contributed by atoms with Gasteiger partial charge >= 0.3 is 5.97 Å². The van der Waals surface area contributed by atoms with Crippen LogP contribution in [0.15, 0.2) is 35.6 Å². The van der Waals surface area contributed by atoms with Crippen LogP contribution in [0.5, 0.6) is 0 Å². The number of cyclic esters (lactones) is 1. The Morgan fingerprint density at radius 2 is 1.85 bits per heavy atom. The van der Waals surface area contributed by atoms with E-state index in [1.54, 1.807) is 13.8 Å². The summed E-state index contributed by atoms with van der Waals surface area (Å²) in [5, 5.41) is 0. The van der Waals surface area contributed by atoms with Crippen molar-refractivity contribution in [3.8, 4) is 0 Å². The molecule has 0 fully saturated rings. The van der Waals surface area contributed by atoms with Gasteiger partial charge in [0.05, 0.1) is 6.10 Å². The summed E-state index contributed by atoms with van der Waals surface area (Å²) in [6, 6.07) is 8.33. The van der Waals surface area contributed by atoms with Crippen molar-refractivity contribution in [1.29, 1.82) is 0 Å². The largest absolute Gasteiger partial charge is 0.456 e. The van der Waals surface area contributed by atoms with Crippen molar-refractivity contribution in [2.45, 2.75) is 84.2 Å². The third-order valence-electron chi connectivity index (χ3n) is 5.02. The number of unbranched alkanes of at least 4 members (excludes halogenated alkanes) is 1. The van der Waals surface area contributed by atoms with Gasteiger partial charge in [-0.15, -0.1) is 0 Å². The normalized spacial score (nSPS) is 24.9. The summed E-state index contributed by atoms with van der Waals surface area (Å²) in [6.45, 7) is 10.1. The molecule has 26 heavy (non-hydrogen) atoms. The van der Waals surface area contributed by atoms with Crippen LogP contribution in [0.25, 0.3) is 0 Å². The van der Waals surface area contributed by atoms with Crippen molar-refractivity contribution in [3.63, 3.8) is 0 Å². The van der Waals surface area contributed by atoms with Gasteiger partial charge in [0, 0.05) is 20.3 Å². The number of esters is 1. The van der Waals surface area contributed by atoms with E-state index in [9.17, 15) is 4.79 Å². The predicted molar refractivity (Wildman–Crippen MR) is 101 cm³/mol. The Morgan fingerprint density at radius 1 is 1.15 bits per heavy atom. The summed E-state index contributed by atoms with van der Waals surface area (Å²) in [5.41, 5.74) is 2.77. The molecule has 0 N–H and O–H groups in total. The zero-order valence-corrected chi connectivity index (χ0v) is 16.5. The van der Waals surface area contributed by atoms with E-state index in [0.717, 1.165) is 30.6 Å². The lowest BCUT2D eigenvalue weighted by atomic mass is 9.91. The van der Waals surface area contributed by atoms with Crippen molar-refractivity contribution >= 4 is 5.97 Å². The van der Waals surface area contributed by atoms with Crippen molar-refractivity contribution in [2.24, 2.45) is 0 Å². The van der Waals surface area contributed by atoms with Crippen LogP contribution in [0.4, 0.5) is 0 Å². The fourth-order valence-corrected chi connectivity index (χ4v) is 3.59. The highest BCUT2D eigenvalue weighted by molar-refractivity contribution is 5.91. The van der Waals surface area contributed by atoms with Crippen molar-refractivity contribution < 1.29 is 19.0 Å².